The minimum absolute atomic E-state index is 0.266. The van der Waals surface area contributed by atoms with Gasteiger partial charge in [-0.15, -0.1) is 0 Å². The summed E-state index contributed by atoms with van der Waals surface area (Å²) in [6, 6.07) is -1.25. The topological polar surface area (TPSA) is 124 Å². The molecule has 0 fully saturated rings. The molecule has 3 atom stereocenters. The number of nitrogens with one attached hydrogen (secondary N) is 1. The minimum atomic E-state index is -4.44. The van der Waals surface area contributed by atoms with E-state index in [4.69, 9.17) is 0 Å². The molecule has 0 heterocycles. The van der Waals surface area contributed by atoms with Gasteiger partial charge in [0.25, 0.3) is 10.1 Å². The number of unbranched alkanes of at least 4 members (excludes halogenated alkanes) is 14. The third kappa shape index (κ3) is 27.1. The number of rotatable bonds is 28. The highest BCUT2D eigenvalue weighted by molar-refractivity contribution is 7.85. The zero-order chi connectivity index (χ0) is 31.3. The first-order valence-electron chi connectivity index (χ1n) is 16.5. The third-order valence-electron chi connectivity index (χ3n) is 7.09. The van der Waals surface area contributed by atoms with Crippen LogP contribution < -0.4 is 5.32 Å². The molecule has 0 saturated carbocycles. The van der Waals surface area contributed by atoms with E-state index >= 15 is 0 Å². The summed E-state index contributed by atoms with van der Waals surface area (Å²) in [6.07, 6.45) is 33.4. The fourth-order valence-corrected chi connectivity index (χ4v) is 5.26. The highest BCUT2D eigenvalue weighted by Gasteiger charge is 2.27. The predicted molar refractivity (Wildman–Crippen MR) is 176 cm³/mol. The third-order valence-corrected chi connectivity index (χ3v) is 7.87. The van der Waals surface area contributed by atoms with E-state index in [-0.39, 0.29) is 6.42 Å². The first-order chi connectivity index (χ1) is 20.2. The average molecular weight is 612 g/mol. The first-order valence-corrected chi connectivity index (χ1v) is 18.1. The van der Waals surface area contributed by atoms with E-state index in [1.807, 2.05) is 6.08 Å². The second kappa shape index (κ2) is 28.1. The van der Waals surface area contributed by atoms with Crippen LogP contribution in [-0.4, -0.2) is 53.1 Å². The molecule has 0 spiro atoms. The fourth-order valence-electron chi connectivity index (χ4n) is 4.53. The molecule has 0 aliphatic carbocycles. The number of aliphatic hydroxyl groups excluding tert-OH is 2. The van der Waals surface area contributed by atoms with Crippen molar-refractivity contribution < 1.29 is 28.0 Å². The summed E-state index contributed by atoms with van der Waals surface area (Å²) in [4.78, 5) is 12.4. The van der Waals surface area contributed by atoms with Gasteiger partial charge in [0.15, 0.2) is 0 Å². The van der Waals surface area contributed by atoms with Crippen LogP contribution in [-0.2, 0) is 14.9 Å². The maximum Gasteiger partial charge on any atom is 0.267 e. The molecule has 7 nitrogen and oxygen atoms in total. The molecular formula is C34H61NO6S. The maximum absolute atomic E-state index is 12.4. The summed E-state index contributed by atoms with van der Waals surface area (Å²) in [5.74, 6) is -1.57. The van der Waals surface area contributed by atoms with Gasteiger partial charge in [-0.2, -0.15) is 8.42 Å². The lowest BCUT2D eigenvalue weighted by Gasteiger charge is -2.22. The van der Waals surface area contributed by atoms with Crippen molar-refractivity contribution in [2.24, 2.45) is 0 Å². The Kier molecular flexibility index (Phi) is 26.9. The molecule has 0 aromatic rings. The normalized spacial score (nSPS) is 14.9. The van der Waals surface area contributed by atoms with Crippen molar-refractivity contribution >= 4 is 16.0 Å². The fraction of sp³-hybridized carbons (Fsp3) is 0.735. The largest absolute Gasteiger partial charge is 0.387 e. The molecule has 1 amide bonds. The van der Waals surface area contributed by atoms with Crippen LogP contribution in [0.15, 0.2) is 48.6 Å². The number of carbonyl (C=O) groups excluding carboxylic acids is 1. The van der Waals surface area contributed by atoms with Crippen molar-refractivity contribution in [1.82, 2.24) is 5.32 Å². The summed E-state index contributed by atoms with van der Waals surface area (Å²) < 4.78 is 32.1. The number of hydrogen-bond acceptors (Lipinski definition) is 5. The molecule has 0 bridgehead atoms. The zero-order valence-corrected chi connectivity index (χ0v) is 27.3. The summed E-state index contributed by atoms with van der Waals surface area (Å²) in [6.45, 7) is 4.32. The van der Waals surface area contributed by atoms with Gasteiger partial charge >= 0.3 is 0 Å². The van der Waals surface area contributed by atoms with Crippen LogP contribution in [0.5, 0.6) is 0 Å². The number of amides is 1. The van der Waals surface area contributed by atoms with Crippen LogP contribution in [0.3, 0.4) is 0 Å². The van der Waals surface area contributed by atoms with E-state index in [0.29, 0.717) is 12.8 Å². The lowest BCUT2D eigenvalue weighted by atomic mass is 10.0. The van der Waals surface area contributed by atoms with Crippen molar-refractivity contribution in [2.45, 2.75) is 154 Å². The van der Waals surface area contributed by atoms with Crippen LogP contribution in [0.25, 0.3) is 0 Å². The molecule has 0 rings (SSSR count). The molecule has 0 radical (unpaired) electrons. The molecule has 244 valence electrons. The quantitative estimate of drug-likeness (QED) is 0.0310. The zero-order valence-electron chi connectivity index (χ0n) is 26.5. The maximum atomic E-state index is 12.4. The van der Waals surface area contributed by atoms with Crippen LogP contribution in [0.2, 0.25) is 0 Å². The van der Waals surface area contributed by atoms with E-state index in [1.54, 1.807) is 6.08 Å². The Hall–Kier alpha value is -1.74. The minimum Gasteiger partial charge on any atom is -0.387 e. The van der Waals surface area contributed by atoms with Gasteiger partial charge in [-0.05, 0) is 51.4 Å². The highest BCUT2D eigenvalue weighted by atomic mass is 32.2. The molecule has 4 N–H and O–H groups in total. The molecule has 3 unspecified atom stereocenters. The van der Waals surface area contributed by atoms with Crippen molar-refractivity contribution in [1.29, 1.82) is 0 Å². The molecule has 0 aromatic carbocycles. The van der Waals surface area contributed by atoms with Crippen molar-refractivity contribution in [2.75, 3.05) is 5.75 Å². The van der Waals surface area contributed by atoms with Crippen LogP contribution in [0.1, 0.15) is 136 Å². The van der Waals surface area contributed by atoms with Gasteiger partial charge in [0.1, 0.15) is 6.10 Å². The standard InChI is InChI=1S/C34H61NO6S/c1-3-5-7-9-11-12-13-14-15-16-17-18-19-20-21-23-25-27-29-33(37)34(38)35-31(30-42(39,40)41)32(36)28-26-24-22-10-8-6-4-2/h8,10-14,26,28,31-33,36-37H,3-7,9,15-25,27,29-30H2,1-2H3,(H,35,38)(H,39,40,41)/b10-8+,12-11-,14-13-,28-26+. The number of aliphatic hydroxyl groups is 2. The van der Waals surface area contributed by atoms with E-state index in [0.717, 1.165) is 44.9 Å². The van der Waals surface area contributed by atoms with Crippen molar-refractivity contribution in [3.8, 4) is 0 Å². The van der Waals surface area contributed by atoms with E-state index in [1.165, 1.54) is 63.9 Å². The highest BCUT2D eigenvalue weighted by Crippen LogP contribution is 2.13. The molecule has 8 heteroatoms. The van der Waals surface area contributed by atoms with Crippen LogP contribution >= 0.6 is 0 Å². The van der Waals surface area contributed by atoms with Gasteiger partial charge in [0, 0.05) is 0 Å². The molecule has 0 saturated heterocycles. The van der Waals surface area contributed by atoms with Gasteiger partial charge in [-0.3, -0.25) is 9.35 Å². The SMILES string of the molecule is CCC/C=C/CC/C=C/C(O)C(CS(=O)(=O)O)NC(=O)C(O)CCCCCCCCCCC/C=C\C=C/CCCCC. The molecular weight excluding hydrogens is 550 g/mol. The Morgan fingerprint density at radius 1 is 0.667 bits per heavy atom. The summed E-state index contributed by atoms with van der Waals surface area (Å²) >= 11 is 0. The van der Waals surface area contributed by atoms with Crippen LogP contribution in [0, 0.1) is 0 Å². The van der Waals surface area contributed by atoms with Crippen molar-refractivity contribution in [3.05, 3.63) is 48.6 Å². The Bertz CT molecular complexity index is 865. The van der Waals surface area contributed by atoms with Gasteiger partial charge in [-0.1, -0.05) is 133 Å². The van der Waals surface area contributed by atoms with Gasteiger partial charge in [-0.25, -0.2) is 0 Å². The van der Waals surface area contributed by atoms with Gasteiger partial charge in [0.2, 0.25) is 5.91 Å². The summed E-state index contributed by atoms with van der Waals surface area (Å²) in [7, 11) is -4.44. The van der Waals surface area contributed by atoms with E-state index in [9.17, 15) is 28.0 Å². The van der Waals surface area contributed by atoms with Gasteiger partial charge in [0.05, 0.1) is 17.9 Å². The Morgan fingerprint density at radius 2 is 1.19 bits per heavy atom. The van der Waals surface area contributed by atoms with Crippen LogP contribution in [0.4, 0.5) is 0 Å². The molecule has 0 aliphatic rings. The van der Waals surface area contributed by atoms with Gasteiger partial charge < -0.3 is 15.5 Å². The second-order valence-corrected chi connectivity index (χ2v) is 12.7. The van der Waals surface area contributed by atoms with E-state index in [2.05, 4.69) is 49.5 Å². The van der Waals surface area contributed by atoms with E-state index < -0.39 is 40.0 Å². The Morgan fingerprint density at radius 3 is 1.76 bits per heavy atom. The van der Waals surface area contributed by atoms with Crippen molar-refractivity contribution in [3.63, 3.8) is 0 Å². The lowest BCUT2D eigenvalue weighted by Crippen LogP contribution is -2.50. The number of carbonyl (C=O) groups is 1. The predicted octanol–water partition coefficient (Wildman–Crippen LogP) is 7.76. The summed E-state index contributed by atoms with van der Waals surface area (Å²) in [5.41, 5.74) is 0. The average Bonchev–Trinajstić information content (AvgIpc) is 2.94. The Balaban J connectivity index is 4.07. The first kappa shape index (κ1) is 40.3. The lowest BCUT2D eigenvalue weighted by molar-refractivity contribution is -0.130. The smallest absolute Gasteiger partial charge is 0.267 e. The second-order valence-electron chi connectivity index (χ2n) is 11.2. The molecule has 42 heavy (non-hydrogen) atoms. The number of hydrogen-bond donors (Lipinski definition) is 4. The summed E-state index contributed by atoms with van der Waals surface area (Å²) in [5, 5.41) is 23.1. The number of allylic oxidation sites excluding steroid dienone is 7. The molecule has 0 aliphatic heterocycles. The monoisotopic (exact) mass is 611 g/mol. The Labute approximate surface area is 257 Å². The molecule has 0 aromatic heterocycles.